The molecule has 4 rings (SSSR count). The molecule has 0 radical (unpaired) electrons. The van der Waals surface area contributed by atoms with Crippen molar-refractivity contribution < 1.29 is 19.0 Å². The molecule has 0 unspecified atom stereocenters. The van der Waals surface area contributed by atoms with Crippen LogP contribution in [0.15, 0.2) is 76.9 Å². The second-order valence-corrected chi connectivity index (χ2v) is 9.20. The first-order valence-electron chi connectivity index (χ1n) is 10.3. The Bertz CT molecular complexity index is 1190. The van der Waals surface area contributed by atoms with Gasteiger partial charge in [-0.3, -0.25) is 10.2 Å². The first-order valence-corrected chi connectivity index (χ1v) is 12.1. The van der Waals surface area contributed by atoms with Crippen molar-refractivity contribution in [2.75, 3.05) is 26.1 Å². The summed E-state index contributed by atoms with van der Waals surface area (Å²) >= 11 is 2.76. The molecule has 0 bridgehead atoms. The number of rotatable bonds is 9. The molecule has 34 heavy (non-hydrogen) atoms. The Balaban J connectivity index is 1.43. The van der Waals surface area contributed by atoms with Crippen molar-refractivity contribution in [3.63, 3.8) is 0 Å². The minimum absolute atomic E-state index is 0.0235. The molecule has 2 aromatic rings. The quantitative estimate of drug-likeness (QED) is 0.308. The van der Waals surface area contributed by atoms with Crippen LogP contribution in [-0.4, -0.2) is 52.4 Å². The van der Waals surface area contributed by atoms with Gasteiger partial charge in [-0.25, -0.2) is 0 Å². The smallest absolute Gasteiger partial charge is 0.283 e. The predicted molar refractivity (Wildman–Crippen MR) is 138 cm³/mol. The summed E-state index contributed by atoms with van der Waals surface area (Å²) < 4.78 is 17.3. The highest BCUT2D eigenvalue weighted by molar-refractivity contribution is 8.45. The van der Waals surface area contributed by atoms with Crippen LogP contribution in [0.2, 0.25) is 0 Å². The fraction of sp³-hybridized carbons (Fsp3) is 0.167. The molecule has 0 spiro atoms. The average molecular weight is 495 g/mol. The zero-order valence-electron chi connectivity index (χ0n) is 18.4. The van der Waals surface area contributed by atoms with E-state index in [0.29, 0.717) is 45.6 Å². The van der Waals surface area contributed by atoms with Crippen molar-refractivity contribution >= 4 is 50.9 Å². The molecule has 2 aliphatic heterocycles. The number of carbonyl (C=O) groups is 1. The molecule has 0 saturated carbocycles. The molecule has 0 saturated heterocycles. The molecule has 1 N–H and O–H groups in total. The Morgan fingerprint density at radius 2 is 2.00 bits per heavy atom. The fourth-order valence-electron chi connectivity index (χ4n) is 3.05. The van der Waals surface area contributed by atoms with Gasteiger partial charge in [-0.2, -0.15) is 10.0 Å². The molecule has 0 aromatic heterocycles. The first-order chi connectivity index (χ1) is 16.6. The standard InChI is InChI=1S/C24H22N4O4S2/c1-3-11-32-19-10-9-16(15-20(19)30-2)14-18-21(25)28-23(26-22(18)29)34-24(27-28)33-13-12-31-17-7-5-4-6-8-17/h3-10,14-15,25H,1,11-13H2,2H3/b18-14+,25-21?. The zero-order chi connectivity index (χ0) is 23.9. The van der Waals surface area contributed by atoms with Crippen LogP contribution < -0.4 is 14.2 Å². The van der Waals surface area contributed by atoms with Gasteiger partial charge < -0.3 is 14.2 Å². The van der Waals surface area contributed by atoms with Crippen LogP contribution in [0.4, 0.5) is 0 Å². The SMILES string of the molecule is C=CCOc1ccc(/C=C2\C(=N)N3N=C(SCCOc4ccccc4)SC3=NC2=O)cc1OC. The molecule has 1 amide bonds. The van der Waals surface area contributed by atoms with Gasteiger partial charge in [0.2, 0.25) is 5.17 Å². The third-order valence-electron chi connectivity index (χ3n) is 4.61. The molecule has 0 fully saturated rings. The normalized spacial score (nSPS) is 16.1. The number of amides is 1. The van der Waals surface area contributed by atoms with Crippen molar-refractivity contribution in [3.05, 3.63) is 72.3 Å². The molecular formula is C24H22N4O4S2. The number of benzene rings is 2. The predicted octanol–water partition coefficient (Wildman–Crippen LogP) is 4.65. The van der Waals surface area contributed by atoms with Gasteiger partial charge in [0.05, 0.1) is 19.3 Å². The number of nitrogens with zero attached hydrogens (tertiary/aromatic N) is 3. The highest BCUT2D eigenvalue weighted by Crippen LogP contribution is 2.33. The Labute approximate surface area is 205 Å². The van der Waals surface area contributed by atoms with Crippen molar-refractivity contribution in [2.45, 2.75) is 0 Å². The zero-order valence-corrected chi connectivity index (χ0v) is 20.0. The maximum atomic E-state index is 12.7. The number of thioether (sulfide) groups is 2. The maximum absolute atomic E-state index is 12.7. The fourth-order valence-corrected chi connectivity index (χ4v) is 4.86. The number of aliphatic imine (C=N–C) groups is 1. The summed E-state index contributed by atoms with van der Waals surface area (Å²) in [6, 6.07) is 14.8. The number of hydrazone groups is 1. The molecule has 10 heteroatoms. The van der Waals surface area contributed by atoms with E-state index < -0.39 is 5.91 Å². The third-order valence-corrected chi connectivity index (χ3v) is 6.62. The van der Waals surface area contributed by atoms with Crippen LogP contribution in [0.25, 0.3) is 6.08 Å². The van der Waals surface area contributed by atoms with E-state index in [1.165, 1.54) is 35.6 Å². The molecule has 0 atom stereocenters. The van der Waals surface area contributed by atoms with E-state index in [-0.39, 0.29) is 11.4 Å². The lowest BCUT2D eigenvalue weighted by molar-refractivity contribution is -0.114. The topological polar surface area (TPSA) is 96.6 Å². The number of hydrogen-bond acceptors (Lipinski definition) is 8. The molecule has 0 aliphatic carbocycles. The number of carbonyl (C=O) groups excluding carboxylic acids is 1. The molecular weight excluding hydrogens is 472 g/mol. The number of para-hydroxylation sites is 1. The van der Waals surface area contributed by atoms with Gasteiger partial charge in [-0.05, 0) is 47.7 Å². The van der Waals surface area contributed by atoms with E-state index in [1.807, 2.05) is 30.3 Å². The number of hydrogen-bond donors (Lipinski definition) is 1. The van der Waals surface area contributed by atoms with Gasteiger partial charge in [0.25, 0.3) is 5.91 Å². The van der Waals surface area contributed by atoms with Gasteiger partial charge >= 0.3 is 0 Å². The molecule has 2 aliphatic rings. The minimum atomic E-state index is -0.483. The number of amidine groups is 2. The lowest BCUT2D eigenvalue weighted by Gasteiger charge is -2.20. The van der Waals surface area contributed by atoms with Gasteiger partial charge in [-0.1, -0.05) is 48.7 Å². The van der Waals surface area contributed by atoms with Gasteiger partial charge in [0.1, 0.15) is 12.4 Å². The monoisotopic (exact) mass is 494 g/mol. The second kappa shape index (κ2) is 11.1. The van der Waals surface area contributed by atoms with E-state index in [2.05, 4.69) is 16.7 Å². The average Bonchev–Trinajstić information content (AvgIpc) is 3.27. The van der Waals surface area contributed by atoms with E-state index in [1.54, 1.807) is 30.4 Å². The molecule has 2 aromatic carbocycles. The molecule has 8 nitrogen and oxygen atoms in total. The third kappa shape index (κ3) is 5.52. The lowest BCUT2D eigenvalue weighted by atomic mass is 10.1. The van der Waals surface area contributed by atoms with E-state index in [9.17, 15) is 4.79 Å². The lowest BCUT2D eigenvalue weighted by Crippen LogP contribution is -2.35. The summed E-state index contributed by atoms with van der Waals surface area (Å²) in [6.07, 6.45) is 3.24. The van der Waals surface area contributed by atoms with Gasteiger partial charge in [0, 0.05) is 5.75 Å². The summed E-state index contributed by atoms with van der Waals surface area (Å²) in [5, 5.41) is 14.8. The van der Waals surface area contributed by atoms with Gasteiger partial charge in [0.15, 0.2) is 21.7 Å². The largest absolute Gasteiger partial charge is 0.493 e. The van der Waals surface area contributed by atoms with Crippen LogP contribution in [0, 0.1) is 5.41 Å². The van der Waals surface area contributed by atoms with Crippen molar-refractivity contribution in [3.8, 4) is 17.2 Å². The van der Waals surface area contributed by atoms with E-state index in [4.69, 9.17) is 19.6 Å². The van der Waals surface area contributed by atoms with Crippen molar-refractivity contribution in [2.24, 2.45) is 10.1 Å². The molecule has 2 heterocycles. The van der Waals surface area contributed by atoms with E-state index >= 15 is 0 Å². The number of ether oxygens (including phenoxy) is 3. The van der Waals surface area contributed by atoms with E-state index in [0.717, 1.165) is 5.75 Å². The number of nitrogens with one attached hydrogen (secondary N) is 1. The highest BCUT2D eigenvalue weighted by Gasteiger charge is 2.35. The Kier molecular flexibility index (Phi) is 7.71. The van der Waals surface area contributed by atoms with Crippen LogP contribution in [0.1, 0.15) is 5.56 Å². The minimum Gasteiger partial charge on any atom is -0.493 e. The van der Waals surface area contributed by atoms with Crippen LogP contribution >= 0.6 is 23.5 Å². The first kappa shape index (κ1) is 23.7. The number of fused-ring (bicyclic) bond motifs is 1. The summed E-state index contributed by atoms with van der Waals surface area (Å²) in [6.45, 7) is 4.49. The Morgan fingerprint density at radius 3 is 2.76 bits per heavy atom. The Hall–Kier alpha value is -3.50. The van der Waals surface area contributed by atoms with Crippen molar-refractivity contribution in [1.82, 2.24) is 5.01 Å². The van der Waals surface area contributed by atoms with Crippen LogP contribution in [0.3, 0.4) is 0 Å². The van der Waals surface area contributed by atoms with Crippen molar-refractivity contribution in [1.29, 1.82) is 5.41 Å². The summed E-state index contributed by atoms with van der Waals surface area (Å²) in [5.41, 5.74) is 0.826. The van der Waals surface area contributed by atoms with Crippen LogP contribution in [0.5, 0.6) is 17.2 Å². The molecule has 174 valence electrons. The highest BCUT2D eigenvalue weighted by atomic mass is 32.2. The van der Waals surface area contributed by atoms with Gasteiger partial charge in [-0.15, -0.1) is 5.10 Å². The summed E-state index contributed by atoms with van der Waals surface area (Å²) in [7, 11) is 1.54. The summed E-state index contributed by atoms with van der Waals surface area (Å²) in [4.78, 5) is 16.8. The second-order valence-electron chi connectivity index (χ2n) is 6.91. The summed E-state index contributed by atoms with van der Waals surface area (Å²) in [5.74, 6) is 2.05. The Morgan fingerprint density at radius 1 is 1.18 bits per heavy atom. The number of methoxy groups -OCH3 is 1. The maximum Gasteiger partial charge on any atom is 0.283 e. The van der Waals surface area contributed by atoms with Crippen LogP contribution in [-0.2, 0) is 4.79 Å².